The van der Waals surface area contributed by atoms with Crippen LogP contribution in [0, 0.1) is 0 Å². The third kappa shape index (κ3) is 4.79. The van der Waals surface area contributed by atoms with E-state index in [2.05, 4.69) is 35.1 Å². The van der Waals surface area contributed by atoms with Crippen LogP contribution in [-0.2, 0) is 11.2 Å². The fourth-order valence-electron chi connectivity index (χ4n) is 1.44. The lowest BCUT2D eigenvalue weighted by Gasteiger charge is -2.16. The summed E-state index contributed by atoms with van der Waals surface area (Å²) in [7, 11) is 0. The van der Waals surface area contributed by atoms with Gasteiger partial charge < -0.3 is 5.32 Å². The monoisotopic (exact) mass is 283 g/mol. The van der Waals surface area contributed by atoms with Gasteiger partial charge in [0.05, 0.1) is 0 Å². The lowest BCUT2D eigenvalue weighted by atomic mass is 10.0. The topological polar surface area (TPSA) is 29.1 Å². The van der Waals surface area contributed by atoms with E-state index in [-0.39, 0.29) is 10.2 Å². The average Bonchev–Trinajstić information content (AvgIpc) is 2.18. The first-order valence-corrected chi connectivity index (χ1v) is 6.28. The molecule has 2 nitrogen and oxygen atoms in total. The predicted molar refractivity (Wildman–Crippen MR) is 72.1 cm³/mol. The Labute approximate surface area is 106 Å². The second kappa shape index (κ2) is 5.48. The van der Waals surface area contributed by atoms with Crippen molar-refractivity contribution in [2.75, 3.05) is 5.32 Å². The zero-order valence-electron chi connectivity index (χ0n) is 10.0. The fourth-order valence-corrected chi connectivity index (χ4v) is 1.76. The number of carbonyl (C=O) groups is 1. The predicted octanol–water partition coefficient (Wildman–Crippen LogP) is 3.75. The van der Waals surface area contributed by atoms with Crippen molar-refractivity contribution in [2.24, 2.45) is 0 Å². The quantitative estimate of drug-likeness (QED) is 0.838. The van der Waals surface area contributed by atoms with Gasteiger partial charge in [-0.05, 0) is 38.0 Å². The Bertz CT molecular complexity index is 351. The molecular weight excluding hydrogens is 266 g/mol. The van der Waals surface area contributed by atoms with Gasteiger partial charge >= 0.3 is 0 Å². The molecule has 0 spiro atoms. The number of halogens is 1. The van der Waals surface area contributed by atoms with Crippen molar-refractivity contribution in [3.05, 3.63) is 29.8 Å². The normalized spacial score (nSPS) is 11.2. The van der Waals surface area contributed by atoms with Crippen molar-refractivity contribution in [3.8, 4) is 0 Å². The molecule has 1 N–H and O–H groups in total. The van der Waals surface area contributed by atoms with Crippen LogP contribution in [0.1, 0.15) is 32.8 Å². The number of amides is 1. The maximum Gasteiger partial charge on any atom is 0.224 e. The summed E-state index contributed by atoms with van der Waals surface area (Å²) in [5, 5.41) is 2.83. The highest BCUT2D eigenvalue weighted by molar-refractivity contribution is 9.10. The van der Waals surface area contributed by atoms with Crippen LogP contribution >= 0.6 is 15.9 Å². The van der Waals surface area contributed by atoms with Gasteiger partial charge in [0, 0.05) is 16.4 Å². The van der Waals surface area contributed by atoms with E-state index in [1.165, 1.54) is 5.56 Å². The standard InChI is InChI=1S/C13H18BrNO/c1-4-12(16)15-11-7-5-10(6-8-11)9-13(2,3)14/h5-8H,4,9H2,1-3H3,(H,15,16). The molecule has 1 amide bonds. The first kappa shape index (κ1) is 13.2. The van der Waals surface area contributed by atoms with Crippen LogP contribution in [0.25, 0.3) is 0 Å². The summed E-state index contributed by atoms with van der Waals surface area (Å²) in [4.78, 5) is 11.2. The molecule has 0 radical (unpaired) electrons. The molecule has 16 heavy (non-hydrogen) atoms. The Kier molecular flexibility index (Phi) is 4.54. The van der Waals surface area contributed by atoms with Gasteiger partial charge in [0.25, 0.3) is 0 Å². The summed E-state index contributed by atoms with van der Waals surface area (Å²) in [6.07, 6.45) is 1.48. The molecule has 1 aromatic carbocycles. The van der Waals surface area contributed by atoms with Crippen LogP contribution in [0.15, 0.2) is 24.3 Å². The summed E-state index contributed by atoms with van der Waals surface area (Å²) in [6, 6.07) is 7.99. The van der Waals surface area contributed by atoms with Crippen molar-refractivity contribution in [3.63, 3.8) is 0 Å². The van der Waals surface area contributed by atoms with E-state index in [0.717, 1.165) is 12.1 Å². The van der Waals surface area contributed by atoms with Crippen molar-refractivity contribution in [1.29, 1.82) is 0 Å². The second-order valence-corrected chi connectivity index (χ2v) is 6.64. The van der Waals surface area contributed by atoms with Gasteiger partial charge in [-0.1, -0.05) is 35.0 Å². The smallest absolute Gasteiger partial charge is 0.224 e. The second-order valence-electron chi connectivity index (χ2n) is 4.49. The van der Waals surface area contributed by atoms with E-state index in [1.807, 2.05) is 31.2 Å². The number of nitrogens with one attached hydrogen (secondary N) is 1. The van der Waals surface area contributed by atoms with Crippen molar-refractivity contribution in [1.82, 2.24) is 0 Å². The van der Waals surface area contributed by atoms with Crippen molar-refractivity contribution in [2.45, 2.75) is 37.9 Å². The molecule has 0 atom stereocenters. The molecule has 0 aliphatic rings. The molecule has 0 saturated carbocycles. The van der Waals surface area contributed by atoms with Crippen LogP contribution in [0.4, 0.5) is 5.69 Å². The third-order valence-electron chi connectivity index (χ3n) is 2.18. The number of rotatable bonds is 4. The van der Waals surface area contributed by atoms with Gasteiger partial charge in [-0.25, -0.2) is 0 Å². The van der Waals surface area contributed by atoms with Crippen LogP contribution in [0.5, 0.6) is 0 Å². The summed E-state index contributed by atoms with van der Waals surface area (Å²) in [5.41, 5.74) is 2.12. The van der Waals surface area contributed by atoms with Gasteiger partial charge in [0.15, 0.2) is 0 Å². The van der Waals surface area contributed by atoms with Gasteiger partial charge in [-0.15, -0.1) is 0 Å². The Hall–Kier alpha value is -0.830. The number of benzene rings is 1. The fraction of sp³-hybridized carbons (Fsp3) is 0.462. The minimum Gasteiger partial charge on any atom is -0.326 e. The van der Waals surface area contributed by atoms with Crippen molar-refractivity contribution < 1.29 is 4.79 Å². The molecule has 0 saturated heterocycles. The Morgan fingerprint density at radius 3 is 2.31 bits per heavy atom. The average molecular weight is 284 g/mol. The van der Waals surface area contributed by atoms with E-state index in [4.69, 9.17) is 0 Å². The Morgan fingerprint density at radius 2 is 1.88 bits per heavy atom. The number of hydrogen-bond donors (Lipinski definition) is 1. The molecule has 1 aromatic rings. The molecule has 88 valence electrons. The van der Waals surface area contributed by atoms with Gasteiger partial charge in [-0.3, -0.25) is 4.79 Å². The summed E-state index contributed by atoms with van der Waals surface area (Å²) in [6.45, 7) is 6.12. The zero-order valence-corrected chi connectivity index (χ0v) is 11.6. The molecular formula is C13H18BrNO. The van der Waals surface area contributed by atoms with E-state index in [0.29, 0.717) is 6.42 Å². The molecule has 0 unspecified atom stereocenters. The van der Waals surface area contributed by atoms with E-state index in [1.54, 1.807) is 0 Å². The minimum atomic E-state index is 0.0496. The lowest BCUT2D eigenvalue weighted by Crippen LogP contribution is -2.13. The molecule has 0 fully saturated rings. The molecule has 0 aliphatic carbocycles. The SMILES string of the molecule is CCC(=O)Nc1ccc(CC(C)(C)Br)cc1. The molecule has 0 aromatic heterocycles. The maximum atomic E-state index is 11.2. The van der Waals surface area contributed by atoms with Gasteiger partial charge in [-0.2, -0.15) is 0 Å². The summed E-state index contributed by atoms with van der Waals surface area (Å²) < 4.78 is 0.112. The molecule has 3 heteroatoms. The van der Waals surface area contributed by atoms with Gasteiger partial charge in [0.1, 0.15) is 0 Å². The highest BCUT2D eigenvalue weighted by Crippen LogP contribution is 2.22. The highest BCUT2D eigenvalue weighted by Gasteiger charge is 2.13. The number of carbonyl (C=O) groups excluding carboxylic acids is 1. The van der Waals surface area contributed by atoms with Crippen molar-refractivity contribution >= 4 is 27.5 Å². The molecule has 0 bridgehead atoms. The summed E-state index contributed by atoms with van der Waals surface area (Å²) >= 11 is 3.62. The lowest BCUT2D eigenvalue weighted by molar-refractivity contribution is -0.115. The number of hydrogen-bond acceptors (Lipinski definition) is 1. The first-order valence-electron chi connectivity index (χ1n) is 5.48. The van der Waals surface area contributed by atoms with E-state index < -0.39 is 0 Å². The Balaban J connectivity index is 2.64. The zero-order chi connectivity index (χ0) is 12.2. The van der Waals surface area contributed by atoms with Crippen LogP contribution in [0.3, 0.4) is 0 Å². The number of alkyl halides is 1. The van der Waals surface area contributed by atoms with Gasteiger partial charge in [0.2, 0.25) is 5.91 Å². The van der Waals surface area contributed by atoms with Crippen LogP contribution < -0.4 is 5.32 Å². The van der Waals surface area contributed by atoms with Crippen LogP contribution in [0.2, 0.25) is 0 Å². The maximum absolute atomic E-state index is 11.2. The Morgan fingerprint density at radius 1 is 1.31 bits per heavy atom. The third-order valence-corrected chi connectivity index (χ3v) is 2.46. The first-order chi connectivity index (χ1) is 7.40. The van der Waals surface area contributed by atoms with E-state index >= 15 is 0 Å². The largest absolute Gasteiger partial charge is 0.326 e. The van der Waals surface area contributed by atoms with E-state index in [9.17, 15) is 4.79 Å². The summed E-state index contributed by atoms with van der Waals surface area (Å²) in [5.74, 6) is 0.0496. The highest BCUT2D eigenvalue weighted by atomic mass is 79.9. The molecule has 0 heterocycles. The molecule has 1 rings (SSSR count). The minimum absolute atomic E-state index is 0.0496. The number of anilines is 1. The molecule has 0 aliphatic heterocycles. The van der Waals surface area contributed by atoms with Crippen LogP contribution in [-0.4, -0.2) is 10.2 Å².